The third kappa shape index (κ3) is 4.38. The predicted octanol–water partition coefficient (Wildman–Crippen LogP) is 3.99. The van der Waals surface area contributed by atoms with Gasteiger partial charge >= 0.3 is 0 Å². The van der Waals surface area contributed by atoms with Crippen LogP contribution in [0.1, 0.15) is 15.9 Å². The lowest BCUT2D eigenvalue weighted by molar-refractivity contribution is 0.102. The number of hydrogen-bond donors (Lipinski definition) is 1. The molecular formula is C19H17ClFN3O3. The van der Waals surface area contributed by atoms with E-state index in [0.29, 0.717) is 33.3 Å². The van der Waals surface area contributed by atoms with E-state index in [-0.39, 0.29) is 12.5 Å². The Morgan fingerprint density at radius 2 is 1.93 bits per heavy atom. The van der Waals surface area contributed by atoms with Gasteiger partial charge in [-0.2, -0.15) is 5.10 Å². The van der Waals surface area contributed by atoms with Gasteiger partial charge in [0.1, 0.15) is 17.3 Å². The molecule has 0 fully saturated rings. The standard InChI is InChI=1S/C19H17ClFN3O3/c1-26-14-6-12(7-15(8-14)27-2)19(25)23-13-9-22-24(10-13)11-16-17(20)4-3-5-18(16)21/h3-10H,11H2,1-2H3,(H,23,25). The van der Waals surface area contributed by atoms with Crippen LogP contribution in [0.25, 0.3) is 0 Å². The molecule has 0 saturated heterocycles. The molecule has 3 aromatic rings. The zero-order valence-electron chi connectivity index (χ0n) is 14.7. The average Bonchev–Trinajstić information content (AvgIpc) is 3.11. The maximum absolute atomic E-state index is 13.9. The number of anilines is 1. The Kier molecular flexibility index (Phi) is 5.61. The maximum atomic E-state index is 13.9. The van der Waals surface area contributed by atoms with Gasteiger partial charge in [-0.05, 0) is 24.3 Å². The van der Waals surface area contributed by atoms with Gasteiger partial charge in [0, 0.05) is 28.4 Å². The third-order valence-electron chi connectivity index (χ3n) is 3.89. The first kappa shape index (κ1) is 18.7. The summed E-state index contributed by atoms with van der Waals surface area (Å²) in [6, 6.07) is 9.36. The number of rotatable bonds is 6. The van der Waals surface area contributed by atoms with Crippen molar-refractivity contribution in [2.24, 2.45) is 0 Å². The van der Waals surface area contributed by atoms with Crippen molar-refractivity contribution in [3.05, 3.63) is 70.8 Å². The van der Waals surface area contributed by atoms with E-state index in [1.54, 1.807) is 30.5 Å². The first-order chi connectivity index (χ1) is 13.0. The number of ether oxygens (including phenoxy) is 2. The first-order valence-electron chi connectivity index (χ1n) is 8.00. The molecule has 2 aromatic carbocycles. The molecule has 0 aliphatic carbocycles. The van der Waals surface area contributed by atoms with E-state index < -0.39 is 5.82 Å². The fraction of sp³-hybridized carbons (Fsp3) is 0.158. The van der Waals surface area contributed by atoms with Crippen LogP contribution in [0, 0.1) is 5.82 Å². The summed E-state index contributed by atoms with van der Waals surface area (Å²) in [7, 11) is 3.02. The molecule has 0 spiro atoms. The van der Waals surface area contributed by atoms with Crippen LogP contribution in [-0.4, -0.2) is 29.9 Å². The van der Waals surface area contributed by atoms with Crippen molar-refractivity contribution in [2.45, 2.75) is 6.54 Å². The minimum atomic E-state index is -0.410. The summed E-state index contributed by atoms with van der Waals surface area (Å²) < 4.78 is 25.7. The van der Waals surface area contributed by atoms with Crippen molar-refractivity contribution in [3.63, 3.8) is 0 Å². The number of carbonyl (C=O) groups is 1. The molecule has 1 heterocycles. The fourth-order valence-electron chi connectivity index (χ4n) is 2.50. The molecule has 27 heavy (non-hydrogen) atoms. The van der Waals surface area contributed by atoms with E-state index in [4.69, 9.17) is 21.1 Å². The van der Waals surface area contributed by atoms with E-state index in [2.05, 4.69) is 10.4 Å². The number of methoxy groups -OCH3 is 2. The van der Waals surface area contributed by atoms with Gasteiger partial charge in [-0.1, -0.05) is 17.7 Å². The highest BCUT2D eigenvalue weighted by molar-refractivity contribution is 6.31. The minimum absolute atomic E-state index is 0.147. The molecular weight excluding hydrogens is 373 g/mol. The van der Waals surface area contributed by atoms with E-state index in [0.717, 1.165) is 0 Å². The molecule has 0 aliphatic rings. The Labute approximate surface area is 160 Å². The summed E-state index contributed by atoms with van der Waals surface area (Å²) >= 11 is 6.03. The number of aromatic nitrogens is 2. The van der Waals surface area contributed by atoms with Gasteiger partial charge in [0.15, 0.2) is 0 Å². The number of benzene rings is 2. The van der Waals surface area contributed by atoms with Crippen molar-refractivity contribution in [1.82, 2.24) is 9.78 Å². The number of nitrogens with zero attached hydrogens (tertiary/aromatic N) is 2. The average molecular weight is 390 g/mol. The number of amides is 1. The number of halogens is 2. The Balaban J connectivity index is 1.75. The summed E-state index contributed by atoms with van der Waals surface area (Å²) in [6.45, 7) is 0.147. The molecule has 3 rings (SSSR count). The highest BCUT2D eigenvalue weighted by Crippen LogP contribution is 2.24. The van der Waals surface area contributed by atoms with Gasteiger partial charge in [0.25, 0.3) is 5.91 Å². The zero-order chi connectivity index (χ0) is 19.4. The molecule has 6 nitrogen and oxygen atoms in total. The molecule has 0 radical (unpaired) electrons. The van der Waals surface area contributed by atoms with E-state index in [9.17, 15) is 9.18 Å². The zero-order valence-corrected chi connectivity index (χ0v) is 15.5. The maximum Gasteiger partial charge on any atom is 0.256 e. The van der Waals surface area contributed by atoms with Crippen molar-refractivity contribution >= 4 is 23.2 Å². The molecule has 140 valence electrons. The van der Waals surface area contributed by atoms with Gasteiger partial charge in [-0.15, -0.1) is 0 Å². The molecule has 1 aromatic heterocycles. The second kappa shape index (κ2) is 8.09. The van der Waals surface area contributed by atoms with Crippen LogP contribution in [0.2, 0.25) is 5.02 Å². The topological polar surface area (TPSA) is 65.4 Å². The number of carbonyl (C=O) groups excluding carboxylic acids is 1. The largest absolute Gasteiger partial charge is 0.497 e. The van der Waals surface area contributed by atoms with E-state index in [1.165, 1.54) is 37.2 Å². The van der Waals surface area contributed by atoms with Crippen LogP contribution < -0.4 is 14.8 Å². The smallest absolute Gasteiger partial charge is 0.256 e. The molecule has 0 atom stereocenters. The number of nitrogens with one attached hydrogen (secondary N) is 1. The molecule has 0 aliphatic heterocycles. The summed E-state index contributed by atoms with van der Waals surface area (Å²) in [5, 5.41) is 7.19. The van der Waals surface area contributed by atoms with Crippen LogP contribution in [0.3, 0.4) is 0 Å². The summed E-state index contributed by atoms with van der Waals surface area (Å²) in [6.07, 6.45) is 3.07. The predicted molar refractivity (Wildman–Crippen MR) is 100 cm³/mol. The Hall–Kier alpha value is -3.06. The highest BCUT2D eigenvalue weighted by atomic mass is 35.5. The van der Waals surface area contributed by atoms with Crippen LogP contribution in [0.15, 0.2) is 48.8 Å². The third-order valence-corrected chi connectivity index (χ3v) is 4.24. The SMILES string of the molecule is COc1cc(OC)cc(C(=O)Nc2cnn(Cc3c(F)cccc3Cl)c2)c1. The second-order valence-electron chi connectivity index (χ2n) is 5.68. The lowest BCUT2D eigenvalue weighted by atomic mass is 10.2. The molecule has 1 amide bonds. The molecule has 8 heteroatoms. The van der Waals surface area contributed by atoms with Crippen molar-refractivity contribution in [1.29, 1.82) is 0 Å². The quantitative estimate of drug-likeness (QED) is 0.692. The second-order valence-corrected chi connectivity index (χ2v) is 6.09. The van der Waals surface area contributed by atoms with Crippen LogP contribution in [-0.2, 0) is 6.54 Å². The Morgan fingerprint density at radius 1 is 1.22 bits per heavy atom. The van der Waals surface area contributed by atoms with Crippen molar-refractivity contribution in [2.75, 3.05) is 19.5 Å². The van der Waals surface area contributed by atoms with Gasteiger partial charge in [0.2, 0.25) is 0 Å². The van der Waals surface area contributed by atoms with Crippen molar-refractivity contribution in [3.8, 4) is 11.5 Å². The summed E-state index contributed by atoms with van der Waals surface area (Å²) in [5.74, 6) is 0.247. The normalized spacial score (nSPS) is 10.5. The Morgan fingerprint density at radius 3 is 2.56 bits per heavy atom. The molecule has 1 N–H and O–H groups in total. The number of hydrogen-bond acceptors (Lipinski definition) is 4. The summed E-state index contributed by atoms with van der Waals surface area (Å²) in [4.78, 5) is 12.5. The Bertz CT molecular complexity index is 932. The van der Waals surface area contributed by atoms with Gasteiger partial charge in [0.05, 0.1) is 32.6 Å². The first-order valence-corrected chi connectivity index (χ1v) is 8.37. The monoisotopic (exact) mass is 389 g/mol. The van der Waals surface area contributed by atoms with E-state index >= 15 is 0 Å². The molecule has 0 bridgehead atoms. The van der Waals surface area contributed by atoms with Gasteiger partial charge in [-0.3, -0.25) is 9.48 Å². The van der Waals surface area contributed by atoms with E-state index in [1.807, 2.05) is 0 Å². The van der Waals surface area contributed by atoms with Crippen LogP contribution in [0.4, 0.5) is 10.1 Å². The van der Waals surface area contributed by atoms with Crippen LogP contribution in [0.5, 0.6) is 11.5 Å². The van der Waals surface area contributed by atoms with Crippen LogP contribution >= 0.6 is 11.6 Å². The lowest BCUT2D eigenvalue weighted by Gasteiger charge is -2.08. The lowest BCUT2D eigenvalue weighted by Crippen LogP contribution is -2.12. The van der Waals surface area contributed by atoms with Crippen molar-refractivity contribution < 1.29 is 18.7 Å². The highest BCUT2D eigenvalue weighted by Gasteiger charge is 2.13. The van der Waals surface area contributed by atoms with Gasteiger partial charge in [-0.25, -0.2) is 4.39 Å². The molecule has 0 saturated carbocycles. The minimum Gasteiger partial charge on any atom is -0.497 e. The molecule has 0 unspecified atom stereocenters. The van der Waals surface area contributed by atoms with Gasteiger partial charge < -0.3 is 14.8 Å². The fourth-order valence-corrected chi connectivity index (χ4v) is 2.72. The summed E-state index contributed by atoms with van der Waals surface area (Å²) in [5.41, 5.74) is 1.17.